The van der Waals surface area contributed by atoms with E-state index in [1.165, 1.54) is 24.4 Å². The molecule has 1 fully saturated rings. The van der Waals surface area contributed by atoms with E-state index in [9.17, 15) is 40.4 Å². The summed E-state index contributed by atoms with van der Waals surface area (Å²) in [5.41, 5.74) is 0.0835. The van der Waals surface area contributed by atoms with Crippen LogP contribution in [0, 0.1) is 17.1 Å². The number of carbonyl (C=O) groups excluding carboxylic acids is 1. The van der Waals surface area contributed by atoms with E-state index >= 15 is 0 Å². The van der Waals surface area contributed by atoms with Crippen LogP contribution >= 0.6 is 0 Å². The van der Waals surface area contributed by atoms with Gasteiger partial charge in [0.1, 0.15) is 24.1 Å². The van der Waals surface area contributed by atoms with Gasteiger partial charge in [0.05, 0.1) is 21.7 Å². The van der Waals surface area contributed by atoms with E-state index in [0.29, 0.717) is 9.87 Å². The van der Waals surface area contributed by atoms with Gasteiger partial charge in [0.15, 0.2) is 0 Å². The first-order valence-electron chi connectivity index (χ1n) is 11.2. The van der Waals surface area contributed by atoms with Crippen LogP contribution in [-0.2, 0) is 27.5 Å². The predicted octanol–water partition coefficient (Wildman–Crippen LogP) is 4.20. The van der Waals surface area contributed by atoms with Crippen LogP contribution in [-0.4, -0.2) is 42.4 Å². The number of amides is 1. The van der Waals surface area contributed by atoms with Gasteiger partial charge in [0, 0.05) is 31.3 Å². The maximum Gasteiger partial charge on any atom is 0.416 e. The second-order valence-electron chi connectivity index (χ2n) is 8.51. The highest BCUT2D eigenvalue weighted by molar-refractivity contribution is 7.89. The van der Waals surface area contributed by atoms with Gasteiger partial charge >= 0.3 is 6.18 Å². The summed E-state index contributed by atoms with van der Waals surface area (Å²) in [7, 11) is -4.31. The zero-order chi connectivity index (χ0) is 27.7. The molecule has 1 aliphatic heterocycles. The Morgan fingerprint density at radius 3 is 2.39 bits per heavy atom. The number of hydrogen-bond donors (Lipinski definition) is 1. The Bertz CT molecular complexity index is 1490. The Hall–Kier alpha value is -3.89. The molecule has 1 saturated heterocycles. The van der Waals surface area contributed by atoms with Crippen molar-refractivity contribution in [3.05, 3.63) is 83.3 Å². The zero-order valence-corrected chi connectivity index (χ0v) is 20.2. The van der Waals surface area contributed by atoms with Crippen molar-refractivity contribution in [2.75, 3.05) is 6.54 Å². The Balaban J connectivity index is 1.53. The molecule has 1 amide bonds. The number of hydrogen-bond acceptors (Lipinski definition) is 5. The van der Waals surface area contributed by atoms with Crippen molar-refractivity contribution in [3.63, 3.8) is 0 Å². The van der Waals surface area contributed by atoms with Crippen LogP contribution in [0.5, 0.6) is 0 Å². The van der Waals surface area contributed by atoms with E-state index in [0.717, 1.165) is 36.4 Å². The third-order valence-electron chi connectivity index (χ3n) is 6.00. The fraction of sp³-hybridized carbons (Fsp3) is 0.240. The summed E-state index contributed by atoms with van der Waals surface area (Å²) in [4.78, 5) is 16.7. The van der Waals surface area contributed by atoms with Gasteiger partial charge in [-0.2, -0.15) is 22.7 Å². The quantitative estimate of drug-likeness (QED) is 0.464. The fourth-order valence-electron chi connectivity index (χ4n) is 4.03. The SMILES string of the molecule is N#Cc1cnc(-c2ccc(C(F)(F)F)cc2)cc1CNC(=O)[C@@H]1C[C@@H](F)CN1S(=O)(=O)c1ccc(F)cc1. The molecule has 0 aliphatic carbocycles. The summed E-state index contributed by atoms with van der Waals surface area (Å²) < 4.78 is 92.8. The Morgan fingerprint density at radius 2 is 1.79 bits per heavy atom. The minimum Gasteiger partial charge on any atom is -0.351 e. The van der Waals surface area contributed by atoms with E-state index in [1.54, 1.807) is 0 Å². The van der Waals surface area contributed by atoms with Gasteiger partial charge in [-0.05, 0) is 48.0 Å². The van der Waals surface area contributed by atoms with Crippen molar-refractivity contribution in [1.29, 1.82) is 5.26 Å². The van der Waals surface area contributed by atoms with Crippen LogP contribution in [0.25, 0.3) is 11.3 Å². The van der Waals surface area contributed by atoms with Crippen LogP contribution in [0.15, 0.2) is 65.7 Å². The lowest BCUT2D eigenvalue weighted by atomic mass is 10.0. The molecule has 2 atom stereocenters. The summed E-state index contributed by atoms with van der Waals surface area (Å²) in [6.45, 7) is -0.815. The molecule has 0 saturated carbocycles. The topological polar surface area (TPSA) is 103 Å². The number of nitriles is 1. The predicted molar refractivity (Wildman–Crippen MR) is 125 cm³/mol. The van der Waals surface area contributed by atoms with Crippen LogP contribution in [0.3, 0.4) is 0 Å². The van der Waals surface area contributed by atoms with Crippen LogP contribution in [0.2, 0.25) is 0 Å². The number of pyridine rings is 1. The number of aromatic nitrogens is 1. The van der Waals surface area contributed by atoms with Crippen molar-refractivity contribution in [1.82, 2.24) is 14.6 Å². The van der Waals surface area contributed by atoms with Gasteiger partial charge in [-0.15, -0.1) is 0 Å². The van der Waals surface area contributed by atoms with Crippen LogP contribution in [0.4, 0.5) is 22.0 Å². The molecule has 7 nitrogen and oxygen atoms in total. The van der Waals surface area contributed by atoms with Crippen molar-refractivity contribution >= 4 is 15.9 Å². The summed E-state index contributed by atoms with van der Waals surface area (Å²) in [5.74, 6) is -1.48. The number of nitrogens with zero attached hydrogens (tertiary/aromatic N) is 3. The third-order valence-corrected chi connectivity index (χ3v) is 7.89. The molecule has 1 aromatic heterocycles. The number of halogens is 5. The molecule has 0 spiro atoms. The van der Waals surface area contributed by atoms with Crippen molar-refractivity contribution < 1.29 is 35.2 Å². The highest BCUT2D eigenvalue weighted by atomic mass is 32.2. The first-order chi connectivity index (χ1) is 17.9. The zero-order valence-electron chi connectivity index (χ0n) is 19.4. The molecule has 1 N–H and O–H groups in total. The molecule has 4 rings (SSSR count). The molecule has 1 aliphatic rings. The summed E-state index contributed by atoms with van der Waals surface area (Å²) >= 11 is 0. The third kappa shape index (κ3) is 5.66. The molecule has 0 radical (unpaired) electrons. The average Bonchev–Trinajstić information content (AvgIpc) is 3.29. The van der Waals surface area contributed by atoms with Crippen molar-refractivity contribution in [3.8, 4) is 17.3 Å². The minimum atomic E-state index is -4.51. The van der Waals surface area contributed by atoms with Crippen molar-refractivity contribution in [2.24, 2.45) is 0 Å². The molecule has 2 heterocycles. The van der Waals surface area contributed by atoms with Crippen LogP contribution in [0.1, 0.15) is 23.1 Å². The fourth-order valence-corrected chi connectivity index (χ4v) is 5.66. The van der Waals surface area contributed by atoms with Gasteiger partial charge in [-0.3, -0.25) is 9.78 Å². The van der Waals surface area contributed by atoms with E-state index in [-0.39, 0.29) is 28.3 Å². The molecular formula is C25H19F5N4O3S. The minimum absolute atomic E-state index is 0.0755. The summed E-state index contributed by atoms with van der Waals surface area (Å²) in [5, 5.41) is 11.9. The van der Waals surface area contributed by atoms with Gasteiger partial charge in [0.2, 0.25) is 15.9 Å². The van der Waals surface area contributed by atoms with E-state index in [1.807, 2.05) is 6.07 Å². The lowest BCUT2D eigenvalue weighted by molar-refractivity contribution is -0.137. The van der Waals surface area contributed by atoms with Gasteiger partial charge in [-0.25, -0.2) is 17.2 Å². The second-order valence-corrected chi connectivity index (χ2v) is 10.4. The standard InChI is InChI=1S/C25H19F5N4O3S/c26-19-5-7-21(8-6-19)38(36,37)34-14-20(27)10-23(34)24(35)33-12-16-9-22(32-13-17(16)11-31)15-1-3-18(4-2-15)25(28,29)30/h1-9,13,20,23H,10,12,14H2,(H,33,35)/t20-,23+/m1/s1. The Morgan fingerprint density at radius 1 is 1.13 bits per heavy atom. The van der Waals surface area contributed by atoms with Crippen molar-refractivity contribution in [2.45, 2.75) is 36.3 Å². The first kappa shape index (κ1) is 27.2. The van der Waals surface area contributed by atoms with Gasteiger partial charge in [-0.1, -0.05) is 12.1 Å². The highest BCUT2D eigenvalue weighted by Crippen LogP contribution is 2.31. The number of carbonyl (C=O) groups is 1. The van der Waals surface area contributed by atoms with Gasteiger partial charge in [0.25, 0.3) is 0 Å². The summed E-state index contributed by atoms with van der Waals surface area (Å²) in [6.07, 6.45) is -5.32. The Kier molecular flexibility index (Phi) is 7.48. The molecule has 0 unspecified atom stereocenters. The lowest BCUT2D eigenvalue weighted by Gasteiger charge is -2.23. The molecule has 0 bridgehead atoms. The number of benzene rings is 2. The van der Waals surface area contributed by atoms with E-state index in [2.05, 4.69) is 10.3 Å². The van der Waals surface area contributed by atoms with E-state index < -0.39 is 58.7 Å². The second kappa shape index (κ2) is 10.5. The Labute approximate surface area is 214 Å². The number of rotatable bonds is 6. The normalized spacial score (nSPS) is 18.2. The molecule has 38 heavy (non-hydrogen) atoms. The molecule has 3 aromatic rings. The molecule has 198 valence electrons. The number of alkyl halides is 4. The largest absolute Gasteiger partial charge is 0.416 e. The smallest absolute Gasteiger partial charge is 0.351 e. The summed E-state index contributed by atoms with van der Waals surface area (Å²) in [6, 6.07) is 10.1. The van der Waals surface area contributed by atoms with E-state index in [4.69, 9.17) is 0 Å². The lowest BCUT2D eigenvalue weighted by Crippen LogP contribution is -2.45. The molecular weight excluding hydrogens is 531 g/mol. The molecule has 13 heteroatoms. The number of sulfonamides is 1. The molecule has 2 aromatic carbocycles. The van der Waals surface area contributed by atoms with Crippen LogP contribution < -0.4 is 5.32 Å². The highest BCUT2D eigenvalue weighted by Gasteiger charge is 2.44. The van der Waals surface area contributed by atoms with Gasteiger partial charge < -0.3 is 5.32 Å². The maximum absolute atomic E-state index is 14.3. The monoisotopic (exact) mass is 550 g/mol. The number of nitrogens with one attached hydrogen (secondary N) is 1. The average molecular weight is 551 g/mol. The maximum atomic E-state index is 14.3. The first-order valence-corrected chi connectivity index (χ1v) is 12.6.